The fourth-order valence-corrected chi connectivity index (χ4v) is 1.60. The SMILES string of the molecule is Cc1cnc(C(=O)Nc2cc(Cl)ccc2C)cn1. The molecule has 0 radical (unpaired) electrons. The normalized spacial score (nSPS) is 10.2. The lowest BCUT2D eigenvalue weighted by Crippen LogP contribution is -2.14. The first-order valence-corrected chi connectivity index (χ1v) is 5.80. The zero-order valence-electron chi connectivity index (χ0n) is 10.1. The van der Waals surface area contributed by atoms with E-state index in [0.29, 0.717) is 10.7 Å². The fourth-order valence-electron chi connectivity index (χ4n) is 1.43. The highest BCUT2D eigenvalue weighted by Crippen LogP contribution is 2.20. The molecule has 1 amide bonds. The summed E-state index contributed by atoms with van der Waals surface area (Å²) >= 11 is 5.89. The molecule has 0 bridgehead atoms. The van der Waals surface area contributed by atoms with Crippen LogP contribution < -0.4 is 5.32 Å². The van der Waals surface area contributed by atoms with Crippen LogP contribution >= 0.6 is 11.6 Å². The minimum Gasteiger partial charge on any atom is -0.320 e. The smallest absolute Gasteiger partial charge is 0.275 e. The number of aromatic nitrogens is 2. The summed E-state index contributed by atoms with van der Waals surface area (Å²) in [6.45, 7) is 3.71. The van der Waals surface area contributed by atoms with E-state index in [1.165, 1.54) is 6.20 Å². The number of nitrogens with one attached hydrogen (secondary N) is 1. The van der Waals surface area contributed by atoms with Gasteiger partial charge in [0.2, 0.25) is 0 Å². The minimum absolute atomic E-state index is 0.278. The van der Waals surface area contributed by atoms with Crippen LogP contribution in [0.25, 0.3) is 0 Å². The van der Waals surface area contributed by atoms with Crippen LogP contribution in [0.15, 0.2) is 30.6 Å². The summed E-state index contributed by atoms with van der Waals surface area (Å²) in [5.74, 6) is -0.298. The molecule has 0 spiro atoms. The van der Waals surface area contributed by atoms with Crippen molar-refractivity contribution in [3.05, 3.63) is 52.6 Å². The number of nitrogens with zero attached hydrogens (tertiary/aromatic N) is 2. The Morgan fingerprint density at radius 3 is 2.67 bits per heavy atom. The maximum atomic E-state index is 11.9. The van der Waals surface area contributed by atoms with Gasteiger partial charge in [0.25, 0.3) is 5.91 Å². The molecule has 0 aliphatic heterocycles. The van der Waals surface area contributed by atoms with Crippen molar-refractivity contribution in [1.82, 2.24) is 9.97 Å². The van der Waals surface area contributed by atoms with Crippen molar-refractivity contribution in [1.29, 1.82) is 0 Å². The van der Waals surface area contributed by atoms with Gasteiger partial charge in [0.05, 0.1) is 11.9 Å². The Morgan fingerprint density at radius 2 is 2.00 bits per heavy atom. The summed E-state index contributed by atoms with van der Waals surface area (Å²) in [5.41, 5.74) is 2.66. The molecule has 0 unspecified atom stereocenters. The van der Waals surface area contributed by atoms with Gasteiger partial charge in [-0.2, -0.15) is 0 Å². The molecule has 1 N–H and O–H groups in total. The molecule has 1 heterocycles. The first kappa shape index (κ1) is 12.5. The molecule has 2 rings (SSSR count). The van der Waals surface area contributed by atoms with Crippen molar-refractivity contribution in [3.8, 4) is 0 Å². The number of carbonyl (C=O) groups is 1. The average molecular weight is 262 g/mol. The standard InChI is InChI=1S/C13H12ClN3O/c1-8-3-4-10(14)5-11(8)17-13(18)12-7-15-9(2)6-16-12/h3-7H,1-2H3,(H,17,18). The molecule has 5 heteroatoms. The van der Waals surface area contributed by atoms with Crippen molar-refractivity contribution in [2.75, 3.05) is 5.32 Å². The summed E-state index contributed by atoms with van der Waals surface area (Å²) < 4.78 is 0. The van der Waals surface area contributed by atoms with E-state index >= 15 is 0 Å². The Hall–Kier alpha value is -1.94. The van der Waals surface area contributed by atoms with Gasteiger partial charge in [0.1, 0.15) is 5.69 Å². The van der Waals surface area contributed by atoms with E-state index in [1.54, 1.807) is 18.3 Å². The lowest BCUT2D eigenvalue weighted by Gasteiger charge is -2.08. The largest absolute Gasteiger partial charge is 0.320 e. The molecule has 0 saturated heterocycles. The number of anilines is 1. The highest BCUT2D eigenvalue weighted by molar-refractivity contribution is 6.31. The van der Waals surface area contributed by atoms with Crippen LogP contribution in [0.3, 0.4) is 0 Å². The van der Waals surface area contributed by atoms with Gasteiger partial charge in [-0.1, -0.05) is 17.7 Å². The summed E-state index contributed by atoms with van der Waals surface area (Å²) in [6.07, 6.45) is 3.00. The first-order valence-electron chi connectivity index (χ1n) is 5.42. The molecule has 0 aliphatic carbocycles. The third-order valence-corrected chi connectivity index (χ3v) is 2.70. The van der Waals surface area contributed by atoms with Gasteiger partial charge in [-0.15, -0.1) is 0 Å². The highest BCUT2D eigenvalue weighted by atomic mass is 35.5. The van der Waals surface area contributed by atoms with Crippen LogP contribution in [0.1, 0.15) is 21.7 Å². The van der Waals surface area contributed by atoms with Gasteiger partial charge >= 0.3 is 0 Å². The third-order valence-electron chi connectivity index (χ3n) is 2.46. The molecular formula is C13H12ClN3O. The number of amides is 1. The van der Waals surface area contributed by atoms with E-state index in [-0.39, 0.29) is 11.6 Å². The van der Waals surface area contributed by atoms with Crippen molar-refractivity contribution in [3.63, 3.8) is 0 Å². The van der Waals surface area contributed by atoms with Crippen LogP contribution in [-0.2, 0) is 0 Å². The molecule has 0 aliphatic rings. The summed E-state index contributed by atoms with van der Waals surface area (Å²) in [5, 5.41) is 3.34. The maximum Gasteiger partial charge on any atom is 0.275 e. The third kappa shape index (κ3) is 2.84. The lowest BCUT2D eigenvalue weighted by molar-refractivity contribution is 0.102. The number of aryl methyl sites for hydroxylation is 2. The van der Waals surface area contributed by atoms with E-state index in [2.05, 4.69) is 15.3 Å². The number of rotatable bonds is 2. The van der Waals surface area contributed by atoms with E-state index in [0.717, 1.165) is 11.3 Å². The average Bonchev–Trinajstić information content (AvgIpc) is 2.34. The predicted octanol–water partition coefficient (Wildman–Crippen LogP) is 3.00. The Labute approximate surface area is 110 Å². The van der Waals surface area contributed by atoms with E-state index in [9.17, 15) is 4.79 Å². The second-order valence-electron chi connectivity index (χ2n) is 3.96. The summed E-state index contributed by atoms with van der Waals surface area (Å²) in [7, 11) is 0. The van der Waals surface area contributed by atoms with Gasteiger partial charge in [-0.25, -0.2) is 4.98 Å². The summed E-state index contributed by atoms with van der Waals surface area (Å²) in [6, 6.07) is 5.33. The summed E-state index contributed by atoms with van der Waals surface area (Å²) in [4.78, 5) is 20.0. The molecule has 2 aromatic rings. The van der Waals surface area contributed by atoms with Gasteiger partial charge in [-0.05, 0) is 31.5 Å². The van der Waals surface area contributed by atoms with Gasteiger partial charge in [-0.3, -0.25) is 9.78 Å². The molecule has 1 aromatic heterocycles. The van der Waals surface area contributed by atoms with Crippen LogP contribution in [0.2, 0.25) is 5.02 Å². The predicted molar refractivity (Wildman–Crippen MR) is 70.9 cm³/mol. The Kier molecular flexibility index (Phi) is 3.58. The van der Waals surface area contributed by atoms with E-state index in [4.69, 9.17) is 11.6 Å². The van der Waals surface area contributed by atoms with Crippen LogP contribution in [0.4, 0.5) is 5.69 Å². The van der Waals surface area contributed by atoms with Crippen molar-refractivity contribution >= 4 is 23.2 Å². The number of hydrogen-bond donors (Lipinski definition) is 1. The van der Waals surface area contributed by atoms with Gasteiger partial charge < -0.3 is 5.32 Å². The zero-order valence-corrected chi connectivity index (χ0v) is 10.8. The molecule has 0 fully saturated rings. The van der Waals surface area contributed by atoms with Crippen LogP contribution in [0.5, 0.6) is 0 Å². The van der Waals surface area contributed by atoms with E-state index in [1.807, 2.05) is 19.9 Å². The maximum absolute atomic E-state index is 11.9. The van der Waals surface area contributed by atoms with E-state index < -0.39 is 0 Å². The number of carbonyl (C=O) groups excluding carboxylic acids is 1. The molecule has 1 aromatic carbocycles. The quantitative estimate of drug-likeness (QED) is 0.904. The second-order valence-corrected chi connectivity index (χ2v) is 4.39. The molecular weight excluding hydrogens is 250 g/mol. The minimum atomic E-state index is -0.298. The van der Waals surface area contributed by atoms with Crippen molar-refractivity contribution < 1.29 is 4.79 Å². The van der Waals surface area contributed by atoms with Crippen molar-refractivity contribution in [2.24, 2.45) is 0 Å². The van der Waals surface area contributed by atoms with Gasteiger partial charge in [0, 0.05) is 16.9 Å². The topological polar surface area (TPSA) is 54.9 Å². The van der Waals surface area contributed by atoms with Crippen LogP contribution in [-0.4, -0.2) is 15.9 Å². The first-order chi connectivity index (χ1) is 8.56. The Morgan fingerprint density at radius 1 is 1.22 bits per heavy atom. The number of halogens is 1. The molecule has 18 heavy (non-hydrogen) atoms. The van der Waals surface area contributed by atoms with Crippen molar-refractivity contribution in [2.45, 2.75) is 13.8 Å². The Balaban J connectivity index is 2.21. The molecule has 4 nitrogen and oxygen atoms in total. The fraction of sp³-hybridized carbons (Fsp3) is 0.154. The lowest BCUT2D eigenvalue weighted by atomic mass is 10.2. The molecule has 0 saturated carbocycles. The highest BCUT2D eigenvalue weighted by Gasteiger charge is 2.09. The van der Waals surface area contributed by atoms with Crippen LogP contribution in [0, 0.1) is 13.8 Å². The molecule has 0 atom stereocenters. The monoisotopic (exact) mass is 261 g/mol. The Bertz CT molecular complexity index is 581. The zero-order chi connectivity index (χ0) is 13.1. The number of hydrogen-bond acceptors (Lipinski definition) is 3. The number of benzene rings is 1. The molecule has 92 valence electrons. The second kappa shape index (κ2) is 5.14. The van der Waals surface area contributed by atoms with Gasteiger partial charge in [0.15, 0.2) is 0 Å².